The van der Waals surface area contributed by atoms with Gasteiger partial charge in [-0.05, 0) is 54.3 Å². The van der Waals surface area contributed by atoms with E-state index < -0.39 is 40.8 Å². The number of benzene rings is 2. The number of carbonyl (C=O) groups excluding carboxylic acids is 1. The Labute approximate surface area is 214 Å². The van der Waals surface area contributed by atoms with Gasteiger partial charge in [0.15, 0.2) is 0 Å². The number of anilines is 2. The van der Waals surface area contributed by atoms with Gasteiger partial charge in [-0.25, -0.2) is 9.37 Å². The Bertz CT molecular complexity index is 1300. The maximum Gasteiger partial charge on any atom is 0.433 e. The molecular weight excluding hydrogens is 512 g/mol. The molecule has 3 rings (SSSR count). The summed E-state index contributed by atoms with van der Waals surface area (Å²) in [5.74, 6) is -2.60. The molecule has 1 amide bonds. The van der Waals surface area contributed by atoms with Gasteiger partial charge in [0.05, 0.1) is 17.3 Å². The van der Waals surface area contributed by atoms with E-state index in [1.165, 1.54) is 18.2 Å². The van der Waals surface area contributed by atoms with Crippen LogP contribution in [0.4, 0.5) is 28.9 Å². The highest BCUT2D eigenvalue weighted by Gasteiger charge is 2.33. The first-order valence-corrected chi connectivity index (χ1v) is 12.1. The van der Waals surface area contributed by atoms with Crippen molar-refractivity contribution in [2.45, 2.75) is 24.9 Å². The molecule has 7 nitrogen and oxygen atoms in total. The molecule has 37 heavy (non-hydrogen) atoms. The molecule has 198 valence electrons. The van der Waals surface area contributed by atoms with Crippen molar-refractivity contribution in [3.8, 4) is 11.3 Å². The van der Waals surface area contributed by atoms with Crippen molar-refractivity contribution >= 4 is 28.5 Å². The van der Waals surface area contributed by atoms with Gasteiger partial charge >= 0.3 is 6.18 Å². The quantitative estimate of drug-likeness (QED) is 0.322. The Kier molecular flexibility index (Phi) is 8.54. The number of nitrogens with zero attached hydrogens (tertiary/aromatic N) is 3. The topological polar surface area (TPSA) is 103 Å². The number of alkyl halides is 3. The Morgan fingerprint density at radius 3 is 2.24 bits per heavy atom. The van der Waals surface area contributed by atoms with Crippen LogP contribution < -0.4 is 14.9 Å². The molecule has 2 aromatic carbocycles. The van der Waals surface area contributed by atoms with E-state index in [0.29, 0.717) is 15.4 Å². The van der Waals surface area contributed by atoms with E-state index in [1.54, 1.807) is 24.3 Å². The van der Waals surface area contributed by atoms with Crippen LogP contribution in [-0.2, 0) is 28.7 Å². The molecule has 0 aliphatic rings. The minimum atomic E-state index is -4.65. The zero-order chi connectivity index (χ0) is 27.5. The highest BCUT2D eigenvalue weighted by atomic mass is 32.2. The zero-order valence-corrected chi connectivity index (χ0v) is 21.1. The second kappa shape index (κ2) is 11.3. The number of carbonyl (C=O) groups is 1. The Balaban J connectivity index is 1.95. The molecule has 0 bridgehead atoms. The summed E-state index contributed by atoms with van der Waals surface area (Å²) in [6.07, 6.45) is -4.46. The highest BCUT2D eigenvalue weighted by Crippen LogP contribution is 2.34. The van der Waals surface area contributed by atoms with Crippen LogP contribution >= 0.6 is 0 Å². The lowest BCUT2D eigenvalue weighted by Crippen LogP contribution is -2.23. The van der Waals surface area contributed by atoms with E-state index in [4.69, 9.17) is 5.73 Å². The lowest BCUT2D eigenvalue weighted by molar-refractivity contribution is -0.141. The van der Waals surface area contributed by atoms with Gasteiger partial charge < -0.3 is 19.5 Å². The molecule has 1 heterocycles. The monoisotopic (exact) mass is 537 g/mol. The number of primary amides is 1. The summed E-state index contributed by atoms with van der Waals surface area (Å²) in [6.45, 7) is 0. The SMILES string of the molecule is CN(C)c1ccc(-c2nc(C(F)(F)F)ccc2CCC(C(N)=O)c2ccc(N(C)S(=O)[O-])c(F)c2)cc1. The first-order chi connectivity index (χ1) is 17.3. The fourth-order valence-electron chi connectivity index (χ4n) is 3.86. The van der Waals surface area contributed by atoms with Crippen molar-refractivity contribution in [3.63, 3.8) is 0 Å². The molecule has 0 saturated heterocycles. The molecule has 0 spiro atoms. The summed E-state index contributed by atoms with van der Waals surface area (Å²) in [7, 11) is 4.83. The molecule has 0 fully saturated rings. The van der Waals surface area contributed by atoms with Gasteiger partial charge in [-0.1, -0.05) is 24.3 Å². The summed E-state index contributed by atoms with van der Waals surface area (Å²) >= 11 is -2.70. The summed E-state index contributed by atoms with van der Waals surface area (Å²) in [6, 6.07) is 12.7. The molecule has 3 aromatic rings. The van der Waals surface area contributed by atoms with Crippen molar-refractivity contribution in [2.24, 2.45) is 5.73 Å². The molecule has 0 aliphatic carbocycles. The van der Waals surface area contributed by atoms with E-state index in [-0.39, 0.29) is 29.8 Å². The minimum Gasteiger partial charge on any atom is -0.755 e. The third-order valence-electron chi connectivity index (χ3n) is 5.91. The van der Waals surface area contributed by atoms with Crippen LogP contribution in [-0.4, -0.2) is 40.8 Å². The van der Waals surface area contributed by atoms with Gasteiger partial charge in [0.1, 0.15) is 11.5 Å². The highest BCUT2D eigenvalue weighted by molar-refractivity contribution is 7.80. The van der Waals surface area contributed by atoms with E-state index in [2.05, 4.69) is 4.98 Å². The summed E-state index contributed by atoms with van der Waals surface area (Å²) in [4.78, 5) is 17.9. The number of halogens is 4. The fourth-order valence-corrected chi connectivity index (χ4v) is 4.17. The average molecular weight is 538 g/mol. The average Bonchev–Trinajstić information content (AvgIpc) is 2.83. The van der Waals surface area contributed by atoms with Gasteiger partial charge in [-0.3, -0.25) is 9.00 Å². The number of rotatable bonds is 9. The van der Waals surface area contributed by atoms with Crippen LogP contribution in [0, 0.1) is 5.82 Å². The summed E-state index contributed by atoms with van der Waals surface area (Å²) < 4.78 is 77.7. The van der Waals surface area contributed by atoms with Crippen molar-refractivity contribution in [2.75, 3.05) is 30.3 Å². The Hall–Kier alpha value is -3.51. The molecule has 2 atom stereocenters. The fraction of sp³-hybridized carbons (Fsp3) is 0.280. The number of nitrogens with two attached hydrogens (primary N) is 1. The smallest absolute Gasteiger partial charge is 0.433 e. The number of hydrogen-bond donors (Lipinski definition) is 1. The van der Waals surface area contributed by atoms with Crippen molar-refractivity contribution < 1.29 is 31.1 Å². The van der Waals surface area contributed by atoms with Gasteiger partial charge in [-0.15, -0.1) is 0 Å². The number of hydrogen-bond acceptors (Lipinski definition) is 5. The lowest BCUT2D eigenvalue weighted by atomic mass is 9.90. The van der Waals surface area contributed by atoms with Crippen LogP contribution in [0.15, 0.2) is 54.6 Å². The number of aryl methyl sites for hydroxylation is 1. The van der Waals surface area contributed by atoms with E-state index in [9.17, 15) is 31.1 Å². The summed E-state index contributed by atoms with van der Waals surface area (Å²) in [5.41, 5.74) is 6.41. The third-order valence-corrected chi connectivity index (χ3v) is 6.55. The van der Waals surface area contributed by atoms with Crippen LogP contribution in [0.1, 0.15) is 29.2 Å². The second-order valence-electron chi connectivity index (χ2n) is 8.56. The molecule has 12 heteroatoms. The first kappa shape index (κ1) is 28.1. The van der Waals surface area contributed by atoms with Crippen molar-refractivity contribution in [1.82, 2.24) is 4.98 Å². The minimum absolute atomic E-state index is 0.0628. The van der Waals surface area contributed by atoms with Crippen molar-refractivity contribution in [1.29, 1.82) is 0 Å². The van der Waals surface area contributed by atoms with E-state index in [1.807, 2.05) is 19.0 Å². The van der Waals surface area contributed by atoms with E-state index in [0.717, 1.165) is 24.9 Å². The normalized spacial score (nSPS) is 13.2. The molecule has 1 aromatic heterocycles. The van der Waals surface area contributed by atoms with Crippen LogP contribution in [0.25, 0.3) is 11.3 Å². The summed E-state index contributed by atoms with van der Waals surface area (Å²) in [5, 5.41) is 0. The first-order valence-electron chi connectivity index (χ1n) is 11.1. The van der Waals surface area contributed by atoms with Crippen LogP contribution in [0.2, 0.25) is 0 Å². The van der Waals surface area contributed by atoms with Gasteiger partial charge in [0.2, 0.25) is 5.91 Å². The van der Waals surface area contributed by atoms with Crippen LogP contribution in [0.5, 0.6) is 0 Å². The Morgan fingerprint density at radius 1 is 1.08 bits per heavy atom. The molecular formula is C25H25F4N4O3S-. The van der Waals surface area contributed by atoms with Gasteiger partial charge in [0, 0.05) is 43.7 Å². The predicted octanol–water partition coefficient (Wildman–Crippen LogP) is 4.40. The maximum atomic E-state index is 14.6. The van der Waals surface area contributed by atoms with Crippen molar-refractivity contribution in [3.05, 3.63) is 77.2 Å². The maximum absolute atomic E-state index is 14.6. The predicted molar refractivity (Wildman–Crippen MR) is 133 cm³/mol. The second-order valence-corrected chi connectivity index (χ2v) is 9.54. The largest absolute Gasteiger partial charge is 0.755 e. The number of aromatic nitrogens is 1. The number of pyridine rings is 1. The molecule has 0 saturated carbocycles. The molecule has 2 unspecified atom stereocenters. The number of amides is 1. The third kappa shape index (κ3) is 6.63. The Morgan fingerprint density at radius 2 is 1.73 bits per heavy atom. The molecule has 0 radical (unpaired) electrons. The van der Waals surface area contributed by atoms with Gasteiger partial charge in [-0.2, -0.15) is 13.2 Å². The lowest BCUT2D eigenvalue weighted by Gasteiger charge is -2.23. The van der Waals surface area contributed by atoms with E-state index >= 15 is 0 Å². The standard InChI is InChI=1S/C25H26F4N4O3S/c1-32(2)18-9-4-15(5-10-18)23-16(8-13-22(31-23)25(27,28)29)6-11-19(24(30)34)17-7-12-21(20(26)14-17)33(3)37(35)36/h4-5,7-10,12-14,19H,6,11H2,1-3H3,(H2,30,34)(H,35,36)/p-1. The molecule has 0 aliphatic heterocycles. The van der Waals surface area contributed by atoms with Gasteiger partial charge in [0.25, 0.3) is 0 Å². The van der Waals surface area contributed by atoms with Crippen LogP contribution in [0.3, 0.4) is 0 Å². The molecule has 2 N–H and O–H groups in total. The zero-order valence-electron chi connectivity index (χ0n) is 20.3.